The average Bonchev–Trinajstić information content (AvgIpc) is 2.84. The molecule has 4 nitrogen and oxygen atoms in total. The summed E-state index contributed by atoms with van der Waals surface area (Å²) in [6, 6.07) is 0.742. The summed E-state index contributed by atoms with van der Waals surface area (Å²) in [4.78, 5) is 7.78. The zero-order chi connectivity index (χ0) is 13.5. The smallest absolute Gasteiger partial charge is 0.0384 e. The van der Waals surface area contributed by atoms with Gasteiger partial charge in [-0.25, -0.2) is 0 Å². The Kier molecular flexibility index (Phi) is 3.87. The second kappa shape index (κ2) is 5.32. The molecule has 0 aromatic rings. The fourth-order valence-corrected chi connectivity index (χ4v) is 4.65. The van der Waals surface area contributed by atoms with Crippen LogP contribution in [0.25, 0.3) is 0 Å². The van der Waals surface area contributed by atoms with Crippen LogP contribution >= 0.6 is 0 Å². The summed E-state index contributed by atoms with van der Waals surface area (Å²) < 4.78 is 0. The predicted molar refractivity (Wildman–Crippen MR) is 79.2 cm³/mol. The Morgan fingerprint density at radius 3 is 2.58 bits per heavy atom. The van der Waals surface area contributed by atoms with Gasteiger partial charge in [-0.05, 0) is 71.9 Å². The lowest BCUT2D eigenvalue weighted by Gasteiger charge is -2.52. The van der Waals surface area contributed by atoms with Crippen LogP contribution in [0.3, 0.4) is 0 Å². The Morgan fingerprint density at radius 1 is 1.16 bits per heavy atom. The maximum absolute atomic E-state index is 6.29. The van der Waals surface area contributed by atoms with Crippen molar-refractivity contribution in [3.8, 4) is 0 Å². The molecule has 0 radical (unpaired) electrons. The molecular formula is C15H30N4. The molecule has 3 atom stereocenters. The minimum atomic E-state index is 0.285. The minimum Gasteiger partial charge on any atom is -0.329 e. The second-order valence-electron chi connectivity index (χ2n) is 6.99. The second-order valence-corrected chi connectivity index (χ2v) is 6.99. The Bertz CT molecular complexity index is 313. The molecule has 4 heteroatoms. The molecule has 19 heavy (non-hydrogen) atoms. The third-order valence-electron chi connectivity index (χ3n) is 6.18. The largest absolute Gasteiger partial charge is 0.329 e. The van der Waals surface area contributed by atoms with E-state index in [-0.39, 0.29) is 5.54 Å². The zero-order valence-corrected chi connectivity index (χ0v) is 12.6. The minimum absolute atomic E-state index is 0.285. The van der Waals surface area contributed by atoms with Gasteiger partial charge in [-0.3, -0.25) is 4.90 Å². The SMILES string of the molecule is CN1CCC(N(C)C2(CN)CCN3CCC2C3)CC1. The van der Waals surface area contributed by atoms with E-state index in [1.807, 2.05) is 0 Å². The van der Waals surface area contributed by atoms with Crippen LogP contribution in [0.4, 0.5) is 0 Å². The number of nitrogens with two attached hydrogens (primary N) is 1. The predicted octanol–water partition coefficient (Wildman–Crippen LogP) is 0.436. The van der Waals surface area contributed by atoms with E-state index in [0.29, 0.717) is 0 Å². The van der Waals surface area contributed by atoms with E-state index in [2.05, 4.69) is 28.8 Å². The standard InChI is InChI=1S/C15H30N4/c1-17-7-4-14(5-8-17)18(2)15(12-16)6-10-19-9-3-13(15)11-19/h13-14H,3-12,16H2,1-2H3. The first-order chi connectivity index (χ1) is 9.15. The molecule has 2 bridgehead atoms. The average molecular weight is 266 g/mol. The van der Waals surface area contributed by atoms with E-state index < -0.39 is 0 Å². The quantitative estimate of drug-likeness (QED) is 0.804. The van der Waals surface area contributed by atoms with Crippen LogP contribution in [0.2, 0.25) is 0 Å². The number of nitrogens with zero attached hydrogens (tertiary/aromatic N) is 3. The highest BCUT2D eigenvalue weighted by Crippen LogP contribution is 2.40. The molecule has 3 unspecified atom stereocenters. The van der Waals surface area contributed by atoms with Gasteiger partial charge in [-0.1, -0.05) is 0 Å². The van der Waals surface area contributed by atoms with Crippen LogP contribution in [0, 0.1) is 5.92 Å². The summed E-state index contributed by atoms with van der Waals surface area (Å²) in [5.74, 6) is 0.802. The van der Waals surface area contributed by atoms with Gasteiger partial charge >= 0.3 is 0 Å². The summed E-state index contributed by atoms with van der Waals surface area (Å²) in [7, 11) is 4.60. The number of piperidine rings is 2. The van der Waals surface area contributed by atoms with E-state index in [4.69, 9.17) is 5.73 Å². The molecule has 2 N–H and O–H groups in total. The van der Waals surface area contributed by atoms with Gasteiger partial charge in [0.2, 0.25) is 0 Å². The lowest BCUT2D eigenvalue weighted by Crippen LogP contribution is -2.64. The van der Waals surface area contributed by atoms with Crippen molar-refractivity contribution < 1.29 is 0 Å². The number of rotatable bonds is 3. The molecule has 3 saturated heterocycles. The van der Waals surface area contributed by atoms with E-state index in [9.17, 15) is 0 Å². The van der Waals surface area contributed by atoms with Gasteiger partial charge in [0.1, 0.15) is 0 Å². The van der Waals surface area contributed by atoms with Crippen molar-refractivity contribution in [2.24, 2.45) is 11.7 Å². The lowest BCUT2D eigenvalue weighted by atomic mass is 9.76. The monoisotopic (exact) mass is 266 g/mol. The first kappa shape index (κ1) is 13.8. The number of likely N-dealkylation sites (N-methyl/N-ethyl adjacent to an activating group) is 1. The molecule has 3 heterocycles. The molecule has 110 valence electrons. The Balaban J connectivity index is 1.73. The van der Waals surface area contributed by atoms with Crippen LogP contribution in [0.1, 0.15) is 25.7 Å². The van der Waals surface area contributed by atoms with E-state index in [0.717, 1.165) is 18.5 Å². The summed E-state index contributed by atoms with van der Waals surface area (Å²) >= 11 is 0. The highest BCUT2D eigenvalue weighted by molar-refractivity contribution is 5.06. The normalized spacial score (nSPS) is 41.1. The van der Waals surface area contributed by atoms with Gasteiger partial charge in [0, 0.05) is 24.7 Å². The van der Waals surface area contributed by atoms with Crippen molar-refractivity contribution in [2.45, 2.75) is 37.3 Å². The molecule has 0 saturated carbocycles. The molecule has 3 rings (SSSR count). The molecule has 3 aliphatic rings. The van der Waals surface area contributed by atoms with Gasteiger partial charge in [-0.15, -0.1) is 0 Å². The highest BCUT2D eigenvalue weighted by Gasteiger charge is 2.49. The molecule has 0 aromatic carbocycles. The number of hydrogen-bond donors (Lipinski definition) is 1. The van der Waals surface area contributed by atoms with Crippen LogP contribution < -0.4 is 5.73 Å². The Hall–Kier alpha value is -0.160. The van der Waals surface area contributed by atoms with E-state index >= 15 is 0 Å². The van der Waals surface area contributed by atoms with Crippen molar-refractivity contribution >= 4 is 0 Å². The maximum Gasteiger partial charge on any atom is 0.0384 e. The summed E-state index contributed by atoms with van der Waals surface area (Å²) in [6.07, 6.45) is 5.25. The number of hydrogen-bond acceptors (Lipinski definition) is 4. The summed E-state index contributed by atoms with van der Waals surface area (Å²) in [5.41, 5.74) is 6.57. The number of fused-ring (bicyclic) bond motifs is 2. The van der Waals surface area contributed by atoms with Gasteiger partial charge in [0.05, 0.1) is 0 Å². The van der Waals surface area contributed by atoms with Crippen molar-refractivity contribution in [2.75, 3.05) is 53.4 Å². The van der Waals surface area contributed by atoms with Crippen LogP contribution in [-0.2, 0) is 0 Å². The van der Waals surface area contributed by atoms with Crippen LogP contribution in [0.5, 0.6) is 0 Å². The van der Waals surface area contributed by atoms with Gasteiger partial charge in [-0.2, -0.15) is 0 Å². The molecule has 0 aliphatic carbocycles. The van der Waals surface area contributed by atoms with E-state index in [1.165, 1.54) is 58.4 Å². The first-order valence-electron chi connectivity index (χ1n) is 7.99. The topological polar surface area (TPSA) is 35.7 Å². The molecule has 3 fully saturated rings. The Morgan fingerprint density at radius 2 is 1.89 bits per heavy atom. The maximum atomic E-state index is 6.29. The van der Waals surface area contributed by atoms with Crippen molar-refractivity contribution in [3.05, 3.63) is 0 Å². The van der Waals surface area contributed by atoms with Gasteiger partial charge in [0.25, 0.3) is 0 Å². The van der Waals surface area contributed by atoms with Gasteiger partial charge < -0.3 is 15.5 Å². The number of likely N-dealkylation sites (tertiary alicyclic amines) is 1. The summed E-state index contributed by atoms with van der Waals surface area (Å²) in [5, 5.41) is 0. The molecule has 0 aromatic heterocycles. The molecule has 0 amide bonds. The lowest BCUT2D eigenvalue weighted by molar-refractivity contribution is -0.0185. The fraction of sp³-hybridized carbons (Fsp3) is 1.00. The molecule has 3 aliphatic heterocycles. The highest BCUT2D eigenvalue weighted by atomic mass is 15.3. The fourth-order valence-electron chi connectivity index (χ4n) is 4.65. The molecular weight excluding hydrogens is 236 g/mol. The van der Waals surface area contributed by atoms with Crippen LogP contribution in [-0.4, -0.2) is 79.6 Å². The van der Waals surface area contributed by atoms with Gasteiger partial charge in [0.15, 0.2) is 0 Å². The first-order valence-corrected chi connectivity index (χ1v) is 7.99. The zero-order valence-electron chi connectivity index (χ0n) is 12.6. The Labute approximate surface area is 117 Å². The third-order valence-corrected chi connectivity index (χ3v) is 6.18. The molecule has 0 spiro atoms. The van der Waals surface area contributed by atoms with Crippen LogP contribution in [0.15, 0.2) is 0 Å². The van der Waals surface area contributed by atoms with Crippen molar-refractivity contribution in [3.63, 3.8) is 0 Å². The van der Waals surface area contributed by atoms with Crippen molar-refractivity contribution in [1.29, 1.82) is 0 Å². The summed E-state index contributed by atoms with van der Waals surface area (Å²) in [6.45, 7) is 7.17. The van der Waals surface area contributed by atoms with Crippen molar-refractivity contribution in [1.82, 2.24) is 14.7 Å². The third kappa shape index (κ3) is 2.33. The van der Waals surface area contributed by atoms with E-state index in [1.54, 1.807) is 0 Å².